The molecule has 4 nitrogen and oxygen atoms in total. The number of nitrogens with zero attached hydrogens (tertiary/aromatic N) is 2. The lowest BCUT2D eigenvalue weighted by Crippen LogP contribution is -2.28. The zero-order valence-electron chi connectivity index (χ0n) is 15.0. The molecule has 0 aliphatic heterocycles. The molecule has 28 heavy (non-hydrogen) atoms. The van der Waals surface area contributed by atoms with Gasteiger partial charge < -0.3 is 4.57 Å². The van der Waals surface area contributed by atoms with E-state index < -0.39 is 16.8 Å². The molecule has 0 saturated carbocycles. The third-order valence-corrected chi connectivity index (χ3v) is 5.20. The average Bonchev–Trinajstić information content (AvgIpc) is 2.65. The van der Waals surface area contributed by atoms with Gasteiger partial charge in [-0.15, -0.1) is 0 Å². The number of allylic oxidation sites excluding steroid dienone is 4. The van der Waals surface area contributed by atoms with E-state index in [4.69, 9.17) is 0 Å². The summed E-state index contributed by atoms with van der Waals surface area (Å²) in [5.74, 6) is -0.506. The largest absolute Gasteiger partial charge is 0.343 e. The molecule has 0 N–H and O–H groups in total. The van der Waals surface area contributed by atoms with Crippen molar-refractivity contribution in [1.29, 1.82) is 0 Å². The quantitative estimate of drug-likeness (QED) is 0.502. The Bertz CT molecular complexity index is 1460. The van der Waals surface area contributed by atoms with E-state index in [-0.39, 0.29) is 10.8 Å². The van der Waals surface area contributed by atoms with Crippen molar-refractivity contribution < 1.29 is 4.39 Å². The van der Waals surface area contributed by atoms with Crippen molar-refractivity contribution in [2.45, 2.75) is 0 Å². The van der Waals surface area contributed by atoms with Gasteiger partial charge in [0.25, 0.3) is 5.56 Å². The van der Waals surface area contributed by atoms with Gasteiger partial charge in [0.1, 0.15) is 11.2 Å². The number of para-hydroxylation sites is 1. The molecular formula is C23H15FN2O2. The third kappa shape index (κ3) is 2.23. The maximum atomic E-state index is 13.8. The fraction of sp³-hybridized carbons (Fsp3) is 0.0435. The summed E-state index contributed by atoms with van der Waals surface area (Å²) < 4.78 is 17.1. The van der Waals surface area contributed by atoms with Crippen LogP contribution in [0.1, 0.15) is 5.69 Å². The summed E-state index contributed by atoms with van der Waals surface area (Å²) >= 11 is 0. The fourth-order valence-electron chi connectivity index (χ4n) is 3.73. The highest BCUT2D eigenvalue weighted by Crippen LogP contribution is 2.27. The monoisotopic (exact) mass is 370 g/mol. The first-order chi connectivity index (χ1) is 13.6. The van der Waals surface area contributed by atoms with E-state index in [0.717, 1.165) is 5.57 Å². The molecule has 0 atom stereocenters. The van der Waals surface area contributed by atoms with Crippen LogP contribution in [0.3, 0.4) is 0 Å². The van der Waals surface area contributed by atoms with Crippen molar-refractivity contribution in [2.75, 3.05) is 0 Å². The number of halogens is 1. The minimum Gasteiger partial charge on any atom is -0.343 e. The van der Waals surface area contributed by atoms with Crippen LogP contribution in [-0.2, 0) is 7.05 Å². The number of benzene rings is 2. The summed E-state index contributed by atoms with van der Waals surface area (Å²) in [6.07, 6.45) is 5.75. The van der Waals surface area contributed by atoms with Crippen molar-refractivity contribution in [2.24, 2.45) is 7.05 Å². The highest BCUT2D eigenvalue weighted by molar-refractivity contribution is 5.95. The van der Waals surface area contributed by atoms with Crippen LogP contribution in [0.4, 0.5) is 4.39 Å². The van der Waals surface area contributed by atoms with Gasteiger partial charge in [0.05, 0.1) is 16.7 Å². The zero-order valence-corrected chi connectivity index (χ0v) is 15.0. The van der Waals surface area contributed by atoms with Crippen molar-refractivity contribution >= 4 is 27.4 Å². The van der Waals surface area contributed by atoms with Crippen molar-refractivity contribution in [3.05, 3.63) is 105 Å². The van der Waals surface area contributed by atoms with Gasteiger partial charge in [0.2, 0.25) is 5.43 Å². The number of fused-ring (bicyclic) bond motifs is 2. The summed E-state index contributed by atoms with van der Waals surface area (Å²) in [6.45, 7) is 0. The molecule has 0 unspecified atom stereocenters. The Kier molecular flexibility index (Phi) is 3.46. The van der Waals surface area contributed by atoms with Gasteiger partial charge in [-0.3, -0.25) is 14.2 Å². The Morgan fingerprint density at radius 1 is 0.929 bits per heavy atom. The van der Waals surface area contributed by atoms with Gasteiger partial charge in [0, 0.05) is 18.1 Å². The Labute approximate surface area is 159 Å². The second-order valence-electron chi connectivity index (χ2n) is 6.80. The number of aromatic nitrogens is 2. The fourth-order valence-corrected chi connectivity index (χ4v) is 3.73. The van der Waals surface area contributed by atoms with Crippen LogP contribution in [0.5, 0.6) is 0 Å². The van der Waals surface area contributed by atoms with Crippen LogP contribution in [0.15, 0.2) is 82.4 Å². The van der Waals surface area contributed by atoms with E-state index in [1.807, 2.05) is 54.6 Å². The number of pyridine rings is 2. The highest BCUT2D eigenvalue weighted by atomic mass is 19.1. The van der Waals surface area contributed by atoms with Crippen molar-refractivity contribution in [3.63, 3.8) is 0 Å². The second-order valence-corrected chi connectivity index (χ2v) is 6.80. The molecule has 2 aromatic heterocycles. The SMILES string of the molecule is Cn1c2ccc(F)cc2c(=O)c2c(=O)n(-c3ccccc3)c(C3=CC=C3)cc21. The minimum absolute atomic E-state index is 0.0529. The molecule has 4 aromatic rings. The summed E-state index contributed by atoms with van der Waals surface area (Å²) in [4.78, 5) is 26.6. The van der Waals surface area contributed by atoms with E-state index >= 15 is 0 Å². The van der Waals surface area contributed by atoms with Crippen LogP contribution >= 0.6 is 0 Å². The van der Waals surface area contributed by atoms with Crippen LogP contribution < -0.4 is 11.0 Å². The van der Waals surface area contributed by atoms with Crippen LogP contribution in [0.2, 0.25) is 0 Å². The number of hydrogen-bond donors (Lipinski definition) is 0. The van der Waals surface area contributed by atoms with E-state index in [1.165, 1.54) is 12.1 Å². The molecular weight excluding hydrogens is 355 g/mol. The van der Waals surface area contributed by atoms with Gasteiger partial charge in [0.15, 0.2) is 0 Å². The standard InChI is InChI=1S/C23H15FN2O2/c1-25-18-11-10-15(24)12-17(18)22(27)21-20(25)13-19(14-6-5-7-14)26(23(21)28)16-8-3-2-4-9-16/h2-13H,1H3. The van der Waals surface area contributed by atoms with Gasteiger partial charge in [-0.25, -0.2) is 4.39 Å². The number of aryl methyl sites for hydroxylation is 1. The molecule has 1 aliphatic carbocycles. The van der Waals surface area contributed by atoms with E-state index in [1.54, 1.807) is 22.2 Å². The maximum absolute atomic E-state index is 13.8. The zero-order chi connectivity index (χ0) is 19.4. The molecule has 0 spiro atoms. The number of hydrogen-bond acceptors (Lipinski definition) is 2. The molecule has 5 rings (SSSR count). The van der Waals surface area contributed by atoms with E-state index in [9.17, 15) is 14.0 Å². The first-order valence-corrected chi connectivity index (χ1v) is 8.88. The molecule has 2 heterocycles. The Balaban J connectivity index is 2.02. The second kappa shape index (κ2) is 5.89. The van der Waals surface area contributed by atoms with Gasteiger partial charge in [-0.2, -0.15) is 0 Å². The lowest BCUT2D eigenvalue weighted by molar-refractivity contribution is 0.629. The average molecular weight is 370 g/mol. The van der Waals surface area contributed by atoms with E-state index in [2.05, 4.69) is 0 Å². The third-order valence-electron chi connectivity index (χ3n) is 5.20. The lowest BCUT2D eigenvalue weighted by Gasteiger charge is -2.19. The molecule has 0 amide bonds. The number of rotatable bonds is 2. The topological polar surface area (TPSA) is 44.0 Å². The van der Waals surface area contributed by atoms with Gasteiger partial charge >= 0.3 is 0 Å². The molecule has 5 heteroatoms. The first-order valence-electron chi connectivity index (χ1n) is 8.88. The summed E-state index contributed by atoms with van der Waals surface area (Å²) in [7, 11) is 1.78. The predicted octanol–water partition coefficient (Wildman–Crippen LogP) is 3.93. The molecule has 136 valence electrons. The van der Waals surface area contributed by atoms with Crippen LogP contribution in [0.25, 0.3) is 33.1 Å². The molecule has 0 fully saturated rings. The van der Waals surface area contributed by atoms with Gasteiger partial charge in [-0.1, -0.05) is 36.4 Å². The predicted molar refractivity (Wildman–Crippen MR) is 109 cm³/mol. The molecule has 0 bridgehead atoms. The van der Waals surface area contributed by atoms with Crippen LogP contribution in [-0.4, -0.2) is 9.13 Å². The van der Waals surface area contributed by atoms with Crippen LogP contribution in [0, 0.1) is 5.82 Å². The van der Waals surface area contributed by atoms with Gasteiger partial charge in [-0.05, 0) is 42.0 Å². The molecule has 0 saturated heterocycles. The minimum atomic E-state index is -0.506. The highest BCUT2D eigenvalue weighted by Gasteiger charge is 2.20. The maximum Gasteiger partial charge on any atom is 0.268 e. The molecule has 2 aromatic carbocycles. The molecule has 0 radical (unpaired) electrons. The van der Waals surface area contributed by atoms with E-state index in [0.29, 0.717) is 22.4 Å². The van der Waals surface area contributed by atoms with Crippen molar-refractivity contribution in [1.82, 2.24) is 9.13 Å². The first kappa shape index (κ1) is 16.4. The normalized spacial score (nSPS) is 13.0. The summed E-state index contributed by atoms with van der Waals surface area (Å²) in [5, 5.41) is 0.249. The lowest BCUT2D eigenvalue weighted by atomic mass is 10.0. The smallest absolute Gasteiger partial charge is 0.268 e. The molecule has 1 aliphatic rings. The Morgan fingerprint density at radius 2 is 1.68 bits per heavy atom. The summed E-state index contributed by atoms with van der Waals surface area (Å²) in [6, 6.07) is 15.1. The Hall–Kier alpha value is -3.73. The summed E-state index contributed by atoms with van der Waals surface area (Å²) in [5.41, 5.74) is 2.54. The van der Waals surface area contributed by atoms with Crippen molar-refractivity contribution in [3.8, 4) is 5.69 Å². The Morgan fingerprint density at radius 3 is 2.36 bits per heavy atom.